The zero-order valence-corrected chi connectivity index (χ0v) is 23.4. The fraction of sp³-hybridized carbons (Fsp3) is 0.0270. The Morgan fingerprint density at radius 3 is 2.32 bits per heavy atom. The molecule has 0 saturated carbocycles. The third-order valence-electron chi connectivity index (χ3n) is 8.70. The van der Waals surface area contributed by atoms with Gasteiger partial charge in [0, 0.05) is 59.1 Å². The predicted molar refractivity (Wildman–Crippen MR) is 180 cm³/mol. The number of nitrogens with zero attached hydrogens (tertiary/aromatic N) is 1. The van der Waals surface area contributed by atoms with Crippen LogP contribution in [0.5, 0.6) is 0 Å². The molecule has 0 spiro atoms. The Kier molecular flexibility index (Phi) is 4.82. The van der Waals surface area contributed by atoms with E-state index >= 15 is 0 Å². The topological polar surface area (TPSA) is 17.0 Å². The van der Waals surface area contributed by atoms with Crippen LogP contribution in [0.15, 0.2) is 121 Å². The molecule has 8 aromatic rings. The summed E-state index contributed by atoms with van der Waals surface area (Å²) in [5, 5.41) is 9.14. The average molecular weight is 541 g/mol. The number of thiophene rings is 1. The van der Waals surface area contributed by atoms with Crippen LogP contribution >= 0.6 is 11.3 Å². The maximum atomic E-state index is 3.80. The second kappa shape index (κ2) is 8.60. The van der Waals surface area contributed by atoms with Crippen LogP contribution in [0.3, 0.4) is 0 Å². The minimum absolute atomic E-state index is 0.909. The van der Waals surface area contributed by atoms with Crippen molar-refractivity contribution in [2.45, 2.75) is 6.92 Å². The molecule has 0 unspecified atom stereocenters. The minimum atomic E-state index is 0.909. The van der Waals surface area contributed by atoms with Crippen LogP contribution in [0.2, 0.25) is 0 Å². The molecular formula is C37H25BN2S. The molecule has 1 N–H and O–H groups in total. The van der Waals surface area contributed by atoms with Crippen LogP contribution in [-0.4, -0.2) is 11.8 Å². The lowest BCUT2D eigenvalue weighted by atomic mass is 9.59. The van der Waals surface area contributed by atoms with Crippen molar-refractivity contribution in [2.24, 2.45) is 0 Å². The molecule has 2 nitrogen and oxygen atoms in total. The zero-order chi connectivity index (χ0) is 27.1. The van der Waals surface area contributed by atoms with Gasteiger partial charge >= 0.3 is 0 Å². The van der Waals surface area contributed by atoms with Gasteiger partial charge in [-0.15, -0.1) is 11.3 Å². The number of nitrogens with one attached hydrogen (secondary N) is 1. The van der Waals surface area contributed by atoms with E-state index in [1.54, 1.807) is 0 Å². The van der Waals surface area contributed by atoms with E-state index in [0.717, 1.165) is 18.7 Å². The molecule has 1 aliphatic rings. The predicted octanol–water partition coefficient (Wildman–Crippen LogP) is 8.57. The van der Waals surface area contributed by atoms with Gasteiger partial charge in [-0.05, 0) is 66.0 Å². The quantitative estimate of drug-likeness (QED) is 0.222. The SMILES string of the molecule is Cc1cc(-c2cc3c(cc2Nc2ccccc2)sc2ccccc23)c2c3c1c1ccccc1n3-c1ccccc1B2. The van der Waals surface area contributed by atoms with E-state index in [4.69, 9.17) is 0 Å². The van der Waals surface area contributed by atoms with Gasteiger partial charge in [-0.3, -0.25) is 0 Å². The Morgan fingerprint density at radius 2 is 1.41 bits per heavy atom. The van der Waals surface area contributed by atoms with Crippen molar-refractivity contribution in [1.29, 1.82) is 0 Å². The van der Waals surface area contributed by atoms with E-state index in [0.29, 0.717) is 0 Å². The van der Waals surface area contributed by atoms with Gasteiger partial charge < -0.3 is 9.88 Å². The van der Waals surface area contributed by atoms with Crippen LogP contribution in [0.25, 0.3) is 58.8 Å². The first-order chi connectivity index (χ1) is 20.2. The number of hydrogen-bond donors (Lipinski definition) is 1. The van der Waals surface area contributed by atoms with Crippen molar-refractivity contribution in [3.05, 3.63) is 127 Å². The number of aryl methyl sites for hydroxylation is 1. The molecule has 0 atom stereocenters. The Bertz CT molecular complexity index is 2330. The van der Waals surface area contributed by atoms with Gasteiger partial charge in [0.1, 0.15) is 0 Å². The van der Waals surface area contributed by atoms with Crippen molar-refractivity contribution in [3.8, 4) is 16.8 Å². The van der Waals surface area contributed by atoms with E-state index in [2.05, 4.69) is 138 Å². The highest BCUT2D eigenvalue weighted by Crippen LogP contribution is 2.43. The van der Waals surface area contributed by atoms with E-state index in [1.807, 2.05) is 11.3 Å². The Balaban J connectivity index is 1.41. The third-order valence-corrected chi connectivity index (χ3v) is 9.83. The van der Waals surface area contributed by atoms with Crippen molar-refractivity contribution in [3.63, 3.8) is 0 Å². The Hall–Kier alpha value is -4.80. The van der Waals surface area contributed by atoms with Gasteiger partial charge in [0.15, 0.2) is 7.28 Å². The molecular weight excluding hydrogens is 515 g/mol. The maximum Gasteiger partial charge on any atom is 0.198 e. The lowest BCUT2D eigenvalue weighted by molar-refractivity contribution is 1.19. The molecule has 6 aromatic carbocycles. The number of para-hydroxylation sites is 3. The highest BCUT2D eigenvalue weighted by molar-refractivity contribution is 7.25. The van der Waals surface area contributed by atoms with Crippen LogP contribution in [-0.2, 0) is 0 Å². The molecule has 4 heteroatoms. The highest BCUT2D eigenvalue weighted by atomic mass is 32.1. The number of anilines is 2. The summed E-state index contributed by atoms with van der Waals surface area (Å²) in [4.78, 5) is 0. The highest BCUT2D eigenvalue weighted by Gasteiger charge is 2.27. The standard InChI is InChI=1S/C37H25BN2S/c1-22-19-28(36-37-35(22)25-14-5-8-16-31(25)40(37)32-17-9-7-15-29(32)38-36)26-20-27-24-13-6-10-18-33(24)41-34(27)21-30(26)39-23-11-3-2-4-12-23/h2-21,38-39H,1H3. The van der Waals surface area contributed by atoms with Crippen LogP contribution in [0, 0.1) is 6.92 Å². The summed E-state index contributed by atoms with van der Waals surface area (Å²) in [5.74, 6) is 0. The van der Waals surface area contributed by atoms with Gasteiger partial charge in [0.05, 0.1) is 5.52 Å². The summed E-state index contributed by atoms with van der Waals surface area (Å²) in [6.45, 7) is 2.28. The molecule has 192 valence electrons. The summed E-state index contributed by atoms with van der Waals surface area (Å²) >= 11 is 1.87. The molecule has 41 heavy (non-hydrogen) atoms. The average Bonchev–Trinajstić information content (AvgIpc) is 3.56. The van der Waals surface area contributed by atoms with Gasteiger partial charge in [-0.25, -0.2) is 0 Å². The van der Waals surface area contributed by atoms with Crippen LogP contribution in [0.4, 0.5) is 11.4 Å². The van der Waals surface area contributed by atoms with E-state index in [1.165, 1.54) is 75.3 Å². The van der Waals surface area contributed by atoms with Gasteiger partial charge in [-0.1, -0.05) is 84.3 Å². The fourth-order valence-electron chi connectivity index (χ4n) is 6.94. The largest absolute Gasteiger partial charge is 0.355 e. The number of aromatic nitrogens is 1. The summed E-state index contributed by atoms with van der Waals surface area (Å²) in [7, 11) is 0.909. The van der Waals surface area contributed by atoms with E-state index in [9.17, 15) is 0 Å². The molecule has 0 radical (unpaired) electrons. The van der Waals surface area contributed by atoms with Gasteiger partial charge in [-0.2, -0.15) is 0 Å². The first-order valence-electron chi connectivity index (χ1n) is 14.2. The Labute approximate surface area is 242 Å². The van der Waals surface area contributed by atoms with Gasteiger partial charge in [0.2, 0.25) is 0 Å². The van der Waals surface area contributed by atoms with E-state index in [-0.39, 0.29) is 0 Å². The van der Waals surface area contributed by atoms with E-state index < -0.39 is 0 Å². The molecule has 0 amide bonds. The van der Waals surface area contributed by atoms with Crippen molar-refractivity contribution < 1.29 is 0 Å². The monoisotopic (exact) mass is 540 g/mol. The second-order valence-electron chi connectivity index (χ2n) is 11.1. The minimum Gasteiger partial charge on any atom is -0.355 e. The van der Waals surface area contributed by atoms with Crippen molar-refractivity contribution >= 4 is 82.9 Å². The number of benzene rings is 6. The molecule has 0 saturated heterocycles. The molecule has 0 bridgehead atoms. The molecule has 3 heterocycles. The summed E-state index contributed by atoms with van der Waals surface area (Å²) in [6.07, 6.45) is 0. The molecule has 0 aliphatic carbocycles. The zero-order valence-electron chi connectivity index (χ0n) is 22.6. The third kappa shape index (κ3) is 3.32. The molecule has 2 aromatic heterocycles. The van der Waals surface area contributed by atoms with Crippen LogP contribution in [0.1, 0.15) is 5.56 Å². The molecule has 1 aliphatic heterocycles. The van der Waals surface area contributed by atoms with Gasteiger partial charge in [0.25, 0.3) is 0 Å². The first-order valence-corrected chi connectivity index (χ1v) is 15.0. The smallest absolute Gasteiger partial charge is 0.198 e. The van der Waals surface area contributed by atoms with Crippen molar-refractivity contribution in [2.75, 3.05) is 5.32 Å². The second-order valence-corrected chi connectivity index (χ2v) is 12.2. The fourth-order valence-corrected chi connectivity index (χ4v) is 8.07. The Morgan fingerprint density at radius 1 is 0.659 bits per heavy atom. The summed E-state index contributed by atoms with van der Waals surface area (Å²) in [6, 6.07) is 44.4. The van der Waals surface area contributed by atoms with Crippen LogP contribution < -0.4 is 16.2 Å². The summed E-state index contributed by atoms with van der Waals surface area (Å²) in [5.41, 5.74) is 12.8. The maximum absolute atomic E-state index is 3.80. The summed E-state index contributed by atoms with van der Waals surface area (Å²) < 4.78 is 5.14. The first kappa shape index (κ1) is 23.0. The molecule has 0 fully saturated rings. The number of hydrogen-bond acceptors (Lipinski definition) is 2. The number of rotatable bonds is 3. The lowest BCUT2D eigenvalue weighted by Gasteiger charge is -2.24. The lowest BCUT2D eigenvalue weighted by Crippen LogP contribution is -2.37. The normalized spacial score (nSPS) is 12.2. The van der Waals surface area contributed by atoms with Crippen molar-refractivity contribution in [1.82, 2.24) is 4.57 Å². The number of fused-ring (bicyclic) bond motifs is 8. The molecule has 9 rings (SSSR count).